The van der Waals surface area contributed by atoms with E-state index in [2.05, 4.69) is 5.32 Å². The van der Waals surface area contributed by atoms with Gasteiger partial charge in [-0.15, -0.1) is 0 Å². The Kier molecular flexibility index (Phi) is 3.62. The van der Waals surface area contributed by atoms with E-state index in [-0.39, 0.29) is 18.4 Å². The third-order valence-electron chi connectivity index (χ3n) is 3.26. The number of benzene rings is 1. The van der Waals surface area contributed by atoms with Gasteiger partial charge in [-0.25, -0.2) is 0 Å². The van der Waals surface area contributed by atoms with Crippen LogP contribution in [0.4, 0.5) is 11.4 Å². The lowest BCUT2D eigenvalue weighted by Gasteiger charge is -2.28. The number of likely N-dealkylation sites (N-methyl/N-ethyl adjacent to an activating group) is 1. The van der Waals surface area contributed by atoms with Gasteiger partial charge in [0, 0.05) is 17.6 Å². The van der Waals surface area contributed by atoms with Crippen molar-refractivity contribution < 1.29 is 14.3 Å². The van der Waals surface area contributed by atoms with Crippen molar-refractivity contribution in [3.63, 3.8) is 0 Å². The second-order valence-corrected chi connectivity index (χ2v) is 5.36. The highest BCUT2D eigenvalue weighted by Crippen LogP contribution is 2.34. The van der Waals surface area contributed by atoms with Gasteiger partial charge in [0.05, 0.1) is 11.3 Å². The van der Waals surface area contributed by atoms with Crippen LogP contribution >= 0.6 is 11.3 Å². The van der Waals surface area contributed by atoms with Crippen LogP contribution in [0.1, 0.15) is 17.3 Å². The molecule has 0 atom stereocenters. The molecular weight excluding hydrogens is 288 g/mol. The largest absolute Gasteiger partial charge is 0.482 e. The molecule has 0 fully saturated rings. The first kappa shape index (κ1) is 13.6. The van der Waals surface area contributed by atoms with Gasteiger partial charge in [-0.3, -0.25) is 9.59 Å². The number of rotatable bonds is 3. The van der Waals surface area contributed by atoms with Crippen molar-refractivity contribution in [1.29, 1.82) is 0 Å². The zero-order valence-corrected chi connectivity index (χ0v) is 12.3. The fourth-order valence-corrected chi connectivity index (χ4v) is 2.86. The lowest BCUT2D eigenvalue weighted by Crippen LogP contribution is -2.38. The molecule has 1 aliphatic rings. The molecule has 3 rings (SSSR count). The molecule has 0 bridgehead atoms. The maximum atomic E-state index is 12.0. The van der Waals surface area contributed by atoms with Crippen LogP contribution in [0.2, 0.25) is 0 Å². The number of nitrogens with one attached hydrogen (secondary N) is 1. The van der Waals surface area contributed by atoms with Gasteiger partial charge in [0.1, 0.15) is 5.75 Å². The van der Waals surface area contributed by atoms with E-state index in [9.17, 15) is 9.59 Å². The zero-order chi connectivity index (χ0) is 14.8. The summed E-state index contributed by atoms with van der Waals surface area (Å²) in [6, 6.07) is 7.07. The van der Waals surface area contributed by atoms with E-state index in [0.717, 1.165) is 0 Å². The molecule has 6 heteroatoms. The predicted octanol–water partition coefficient (Wildman–Crippen LogP) is 2.75. The van der Waals surface area contributed by atoms with E-state index in [1.807, 2.05) is 12.3 Å². The quantitative estimate of drug-likeness (QED) is 0.948. The van der Waals surface area contributed by atoms with Crippen LogP contribution in [0.3, 0.4) is 0 Å². The molecule has 0 radical (unpaired) electrons. The molecule has 108 valence electrons. The van der Waals surface area contributed by atoms with Crippen LogP contribution in [0.15, 0.2) is 35.0 Å². The molecule has 2 aromatic rings. The molecule has 2 amide bonds. The smallest absolute Gasteiger partial charge is 0.265 e. The minimum absolute atomic E-state index is 0.0570. The molecule has 21 heavy (non-hydrogen) atoms. The van der Waals surface area contributed by atoms with Crippen LogP contribution in [0, 0.1) is 0 Å². The number of fused-ring (bicyclic) bond motifs is 1. The van der Waals surface area contributed by atoms with Crippen molar-refractivity contribution in [2.45, 2.75) is 6.92 Å². The molecule has 1 N–H and O–H groups in total. The highest BCUT2D eigenvalue weighted by Gasteiger charge is 2.24. The van der Waals surface area contributed by atoms with Gasteiger partial charge in [-0.1, -0.05) is 0 Å². The fourth-order valence-electron chi connectivity index (χ4n) is 2.22. The molecule has 5 nitrogen and oxygen atoms in total. The topological polar surface area (TPSA) is 58.6 Å². The summed E-state index contributed by atoms with van der Waals surface area (Å²) in [4.78, 5) is 25.5. The van der Waals surface area contributed by atoms with E-state index < -0.39 is 0 Å². The molecule has 2 heterocycles. The van der Waals surface area contributed by atoms with Crippen molar-refractivity contribution in [1.82, 2.24) is 0 Å². The molecule has 0 saturated heterocycles. The summed E-state index contributed by atoms with van der Waals surface area (Å²) in [6.45, 7) is 2.53. The highest BCUT2D eigenvalue weighted by atomic mass is 32.1. The average Bonchev–Trinajstić information content (AvgIpc) is 3.01. The van der Waals surface area contributed by atoms with Gasteiger partial charge >= 0.3 is 0 Å². The number of carbonyl (C=O) groups is 2. The number of amides is 2. The zero-order valence-electron chi connectivity index (χ0n) is 11.5. The van der Waals surface area contributed by atoms with Crippen LogP contribution in [-0.2, 0) is 4.79 Å². The Morgan fingerprint density at radius 3 is 3.00 bits per heavy atom. The number of hydrogen-bond acceptors (Lipinski definition) is 4. The van der Waals surface area contributed by atoms with E-state index in [1.165, 1.54) is 11.3 Å². The number of hydrogen-bond donors (Lipinski definition) is 1. The third-order valence-corrected chi connectivity index (χ3v) is 3.94. The lowest BCUT2D eigenvalue weighted by atomic mass is 10.2. The maximum absolute atomic E-state index is 12.0. The van der Waals surface area contributed by atoms with Gasteiger partial charge < -0.3 is 15.0 Å². The number of anilines is 2. The first-order chi connectivity index (χ1) is 10.2. The van der Waals surface area contributed by atoms with Crippen molar-refractivity contribution >= 4 is 34.5 Å². The second-order valence-electron chi connectivity index (χ2n) is 4.58. The summed E-state index contributed by atoms with van der Waals surface area (Å²) >= 11 is 1.47. The van der Waals surface area contributed by atoms with Crippen LogP contribution < -0.4 is 15.0 Å². The number of thiophene rings is 1. The maximum Gasteiger partial charge on any atom is 0.265 e. The van der Waals surface area contributed by atoms with Crippen molar-refractivity contribution in [3.05, 3.63) is 40.6 Å². The highest BCUT2D eigenvalue weighted by molar-refractivity contribution is 7.08. The Morgan fingerprint density at radius 1 is 1.43 bits per heavy atom. The fraction of sp³-hybridized carbons (Fsp3) is 0.200. The van der Waals surface area contributed by atoms with Crippen LogP contribution in [-0.4, -0.2) is 25.0 Å². The summed E-state index contributed by atoms with van der Waals surface area (Å²) in [7, 11) is 0. The van der Waals surface area contributed by atoms with E-state index in [1.54, 1.807) is 34.5 Å². The van der Waals surface area contributed by atoms with Crippen LogP contribution in [0.5, 0.6) is 5.75 Å². The van der Waals surface area contributed by atoms with Gasteiger partial charge in [-0.2, -0.15) is 11.3 Å². The van der Waals surface area contributed by atoms with E-state index in [0.29, 0.717) is 29.2 Å². The van der Waals surface area contributed by atoms with Gasteiger partial charge in [0.2, 0.25) is 0 Å². The SMILES string of the molecule is CCN1C(=O)COc2ccc(NC(=O)c3ccsc3)cc21. The lowest BCUT2D eigenvalue weighted by molar-refractivity contribution is -0.121. The minimum atomic E-state index is -0.165. The summed E-state index contributed by atoms with van der Waals surface area (Å²) in [6.07, 6.45) is 0. The third kappa shape index (κ3) is 2.62. The minimum Gasteiger partial charge on any atom is -0.482 e. The Labute approximate surface area is 126 Å². The van der Waals surface area contributed by atoms with Crippen molar-refractivity contribution in [2.24, 2.45) is 0 Å². The molecule has 0 saturated carbocycles. The van der Waals surface area contributed by atoms with Crippen molar-refractivity contribution in [2.75, 3.05) is 23.4 Å². The number of carbonyl (C=O) groups excluding carboxylic acids is 2. The standard InChI is InChI=1S/C15H14N2O3S/c1-2-17-12-7-11(3-4-13(12)20-8-14(17)18)16-15(19)10-5-6-21-9-10/h3-7,9H,2,8H2,1H3,(H,16,19). The summed E-state index contributed by atoms with van der Waals surface area (Å²) in [5.74, 6) is 0.415. The number of nitrogens with zero attached hydrogens (tertiary/aromatic N) is 1. The summed E-state index contributed by atoms with van der Waals surface area (Å²) < 4.78 is 5.40. The molecule has 0 spiro atoms. The molecule has 1 aromatic heterocycles. The average molecular weight is 302 g/mol. The number of ether oxygens (including phenoxy) is 1. The van der Waals surface area contributed by atoms with Gasteiger partial charge in [0.15, 0.2) is 6.61 Å². The van der Waals surface area contributed by atoms with E-state index >= 15 is 0 Å². The summed E-state index contributed by atoms with van der Waals surface area (Å²) in [5.41, 5.74) is 1.95. The first-order valence-electron chi connectivity index (χ1n) is 6.60. The molecule has 1 aromatic carbocycles. The van der Waals surface area contributed by atoms with Crippen LogP contribution in [0.25, 0.3) is 0 Å². The normalized spacial score (nSPS) is 13.6. The van der Waals surface area contributed by atoms with Gasteiger partial charge in [-0.05, 0) is 36.6 Å². The Balaban J connectivity index is 1.87. The van der Waals surface area contributed by atoms with Crippen molar-refractivity contribution in [3.8, 4) is 5.75 Å². The molecule has 0 unspecified atom stereocenters. The Bertz CT molecular complexity index is 682. The summed E-state index contributed by atoms with van der Waals surface area (Å²) in [5, 5.41) is 6.47. The Morgan fingerprint density at radius 2 is 2.29 bits per heavy atom. The van der Waals surface area contributed by atoms with E-state index in [4.69, 9.17) is 4.74 Å². The first-order valence-corrected chi connectivity index (χ1v) is 7.54. The second kappa shape index (κ2) is 5.57. The molecule has 0 aliphatic carbocycles. The molecule has 1 aliphatic heterocycles. The monoisotopic (exact) mass is 302 g/mol. The molecular formula is C15H14N2O3S. The van der Waals surface area contributed by atoms with Gasteiger partial charge in [0.25, 0.3) is 11.8 Å². The predicted molar refractivity (Wildman–Crippen MR) is 82.2 cm³/mol. The Hall–Kier alpha value is -2.34.